The molecule has 0 unspecified atom stereocenters. The van der Waals surface area contributed by atoms with E-state index in [9.17, 15) is 0 Å². The summed E-state index contributed by atoms with van der Waals surface area (Å²) in [6.45, 7) is 3.64. The molecule has 7 heteroatoms. The molecular weight excluding hydrogens is 445 g/mol. The van der Waals surface area contributed by atoms with E-state index < -0.39 is 5.41 Å². The molecule has 0 aliphatic carbocycles. The van der Waals surface area contributed by atoms with Crippen molar-refractivity contribution in [3.8, 4) is 0 Å². The van der Waals surface area contributed by atoms with Crippen molar-refractivity contribution in [2.24, 2.45) is 0 Å². The molecule has 0 fully saturated rings. The zero-order valence-corrected chi connectivity index (χ0v) is 19.2. The van der Waals surface area contributed by atoms with Crippen LogP contribution in [-0.2, 0) is 35.3 Å². The average molecular weight is 472 g/mol. The molecule has 167 valence electrons. The second kappa shape index (κ2) is 11.6. The fraction of sp³-hybridized carbons (Fsp3) is 0.200. The predicted molar refractivity (Wildman–Crippen MR) is 121 cm³/mol. The van der Waals surface area contributed by atoms with Crippen LogP contribution in [0.4, 0.5) is 0 Å². The Balaban J connectivity index is 0.00000181. The first kappa shape index (κ1) is 25.3. The maximum atomic E-state index is 5.04. The second-order valence-electron chi connectivity index (χ2n) is 7.56. The molecule has 0 aliphatic rings. The SMILES string of the molecule is CN(Cc1ccccn1)Cc1cccc(C(C)(c2ccccn2)c2ccccn2)n1.O.[Co]. The molecule has 1 radical (unpaired) electrons. The van der Waals surface area contributed by atoms with Crippen molar-refractivity contribution in [1.82, 2.24) is 24.8 Å². The van der Waals surface area contributed by atoms with E-state index in [1.807, 2.05) is 73.2 Å². The Morgan fingerprint density at radius 2 is 1.16 bits per heavy atom. The molecular formula is C25H27CoN5O. The Hall–Kier alpha value is -2.97. The van der Waals surface area contributed by atoms with Gasteiger partial charge in [0.15, 0.2) is 0 Å². The summed E-state index contributed by atoms with van der Waals surface area (Å²) in [5.74, 6) is 0. The number of hydrogen-bond acceptors (Lipinski definition) is 5. The molecule has 0 atom stereocenters. The van der Waals surface area contributed by atoms with Gasteiger partial charge in [0.05, 0.1) is 33.9 Å². The van der Waals surface area contributed by atoms with Gasteiger partial charge in [0.25, 0.3) is 0 Å². The third-order valence-corrected chi connectivity index (χ3v) is 5.26. The molecule has 32 heavy (non-hydrogen) atoms. The standard InChI is InChI=1S/C25H25N5.Co.H2O/c1-25(22-12-4-7-16-27-22,23-13-5-8-17-28-23)24-14-9-11-21(29-24)19-30(2)18-20-10-3-6-15-26-20;;/h3-17H,18-19H2,1-2H3;;1H2. The van der Waals surface area contributed by atoms with E-state index in [2.05, 4.69) is 52.0 Å². The van der Waals surface area contributed by atoms with Crippen molar-refractivity contribution < 1.29 is 22.3 Å². The van der Waals surface area contributed by atoms with Crippen LogP contribution in [0.25, 0.3) is 0 Å². The van der Waals surface area contributed by atoms with Crippen molar-refractivity contribution in [3.05, 3.63) is 120 Å². The molecule has 0 saturated carbocycles. The van der Waals surface area contributed by atoms with Gasteiger partial charge >= 0.3 is 0 Å². The molecule has 4 heterocycles. The van der Waals surface area contributed by atoms with Gasteiger partial charge in [0, 0.05) is 48.5 Å². The quantitative estimate of drug-likeness (QED) is 0.411. The van der Waals surface area contributed by atoms with Crippen LogP contribution < -0.4 is 0 Å². The number of rotatable bonds is 7. The van der Waals surface area contributed by atoms with Crippen molar-refractivity contribution in [3.63, 3.8) is 0 Å². The summed E-state index contributed by atoms with van der Waals surface area (Å²) in [5.41, 5.74) is 4.29. The molecule has 4 aromatic rings. The summed E-state index contributed by atoms with van der Waals surface area (Å²) in [5, 5.41) is 0. The van der Waals surface area contributed by atoms with Crippen LogP contribution in [0.15, 0.2) is 91.4 Å². The summed E-state index contributed by atoms with van der Waals surface area (Å²) in [6.07, 6.45) is 5.47. The first-order valence-corrected chi connectivity index (χ1v) is 10.0. The van der Waals surface area contributed by atoms with Crippen molar-refractivity contribution >= 4 is 0 Å². The minimum absolute atomic E-state index is 0. The van der Waals surface area contributed by atoms with Gasteiger partial charge < -0.3 is 5.48 Å². The third kappa shape index (κ3) is 5.63. The Bertz CT molecular complexity index is 1040. The van der Waals surface area contributed by atoms with Crippen LogP contribution in [0.2, 0.25) is 0 Å². The number of hydrogen-bond donors (Lipinski definition) is 0. The normalized spacial score (nSPS) is 10.8. The fourth-order valence-electron chi connectivity index (χ4n) is 3.66. The molecule has 0 bridgehead atoms. The van der Waals surface area contributed by atoms with Crippen LogP contribution in [0.3, 0.4) is 0 Å². The number of pyridine rings is 4. The van der Waals surface area contributed by atoms with Crippen LogP contribution in [0.5, 0.6) is 0 Å². The molecule has 0 saturated heterocycles. The van der Waals surface area contributed by atoms with Crippen LogP contribution in [0, 0.1) is 0 Å². The zero-order chi connectivity index (χ0) is 20.8. The Morgan fingerprint density at radius 3 is 1.69 bits per heavy atom. The van der Waals surface area contributed by atoms with E-state index in [1.54, 1.807) is 0 Å². The van der Waals surface area contributed by atoms with Crippen molar-refractivity contribution in [1.29, 1.82) is 0 Å². The van der Waals surface area contributed by atoms with Crippen LogP contribution in [0.1, 0.15) is 35.4 Å². The fourth-order valence-corrected chi connectivity index (χ4v) is 3.66. The minimum atomic E-state index is -0.544. The molecule has 4 aromatic heterocycles. The van der Waals surface area contributed by atoms with Gasteiger partial charge in [-0.3, -0.25) is 24.8 Å². The molecule has 0 aromatic carbocycles. The van der Waals surface area contributed by atoms with E-state index in [-0.39, 0.29) is 22.3 Å². The third-order valence-electron chi connectivity index (χ3n) is 5.26. The van der Waals surface area contributed by atoms with E-state index in [1.165, 1.54) is 0 Å². The Kier molecular flexibility index (Phi) is 9.16. The van der Waals surface area contributed by atoms with Gasteiger partial charge in [-0.15, -0.1) is 0 Å². The van der Waals surface area contributed by atoms with E-state index in [0.29, 0.717) is 0 Å². The first-order chi connectivity index (χ1) is 14.7. The largest absolute Gasteiger partial charge is 0.412 e. The van der Waals surface area contributed by atoms with Crippen molar-refractivity contribution in [2.45, 2.75) is 25.4 Å². The maximum Gasteiger partial charge on any atom is 0.0939 e. The molecule has 2 N–H and O–H groups in total. The Morgan fingerprint density at radius 1 is 0.656 bits per heavy atom. The number of nitrogens with zero attached hydrogens (tertiary/aromatic N) is 5. The zero-order valence-electron chi connectivity index (χ0n) is 18.1. The summed E-state index contributed by atoms with van der Waals surface area (Å²) >= 11 is 0. The molecule has 0 spiro atoms. The minimum Gasteiger partial charge on any atom is -0.412 e. The predicted octanol–water partition coefficient (Wildman–Crippen LogP) is 3.43. The monoisotopic (exact) mass is 472 g/mol. The van der Waals surface area contributed by atoms with Crippen LogP contribution >= 0.6 is 0 Å². The van der Waals surface area contributed by atoms with Gasteiger partial charge in [0.1, 0.15) is 0 Å². The summed E-state index contributed by atoms with van der Waals surface area (Å²) in [6, 6.07) is 24.1. The van der Waals surface area contributed by atoms with Crippen LogP contribution in [-0.4, -0.2) is 37.4 Å². The maximum absolute atomic E-state index is 5.04. The van der Waals surface area contributed by atoms with E-state index >= 15 is 0 Å². The first-order valence-electron chi connectivity index (χ1n) is 10.0. The van der Waals surface area contributed by atoms with Gasteiger partial charge in [-0.1, -0.05) is 24.3 Å². The topological polar surface area (TPSA) is 86.3 Å². The smallest absolute Gasteiger partial charge is 0.0939 e. The van der Waals surface area contributed by atoms with Gasteiger partial charge in [-0.25, -0.2) is 0 Å². The van der Waals surface area contributed by atoms with Crippen molar-refractivity contribution in [2.75, 3.05) is 7.05 Å². The Labute approximate surface area is 199 Å². The molecule has 4 rings (SSSR count). The average Bonchev–Trinajstić information content (AvgIpc) is 2.80. The molecule has 0 aliphatic heterocycles. The van der Waals surface area contributed by atoms with E-state index in [4.69, 9.17) is 4.98 Å². The second-order valence-corrected chi connectivity index (χ2v) is 7.56. The van der Waals surface area contributed by atoms with Gasteiger partial charge in [0.2, 0.25) is 0 Å². The summed E-state index contributed by atoms with van der Waals surface area (Å²) in [4.78, 5) is 21.0. The van der Waals surface area contributed by atoms with E-state index in [0.717, 1.165) is 41.6 Å². The van der Waals surface area contributed by atoms with Gasteiger partial charge in [-0.05, 0) is 62.5 Å². The summed E-state index contributed by atoms with van der Waals surface area (Å²) in [7, 11) is 2.08. The molecule has 0 amide bonds. The van der Waals surface area contributed by atoms with Gasteiger partial charge in [-0.2, -0.15) is 0 Å². The summed E-state index contributed by atoms with van der Waals surface area (Å²) < 4.78 is 0. The molecule has 6 nitrogen and oxygen atoms in total. The number of aromatic nitrogens is 4.